The zero-order valence-electron chi connectivity index (χ0n) is 6.99. The molecule has 0 aliphatic heterocycles. The van der Waals surface area contributed by atoms with E-state index in [4.69, 9.17) is 0 Å². The molecule has 1 aromatic rings. The van der Waals surface area contributed by atoms with Crippen molar-refractivity contribution in [2.75, 3.05) is 5.75 Å². The van der Waals surface area contributed by atoms with Gasteiger partial charge < -0.3 is 0 Å². The Morgan fingerprint density at radius 3 is 3.00 bits per heavy atom. The molecule has 1 rings (SSSR count). The van der Waals surface area contributed by atoms with Crippen LogP contribution >= 0.6 is 11.8 Å². The monoisotopic (exact) mass is 181 g/mol. The second-order valence-electron chi connectivity index (χ2n) is 2.47. The third-order valence-corrected chi connectivity index (χ3v) is 2.29. The number of rotatable bonds is 4. The van der Waals surface area contributed by atoms with Gasteiger partial charge in [0.15, 0.2) is 0 Å². The van der Waals surface area contributed by atoms with E-state index in [0.29, 0.717) is 6.42 Å². The number of hydrogen-bond donors (Lipinski definition) is 0. The quantitative estimate of drug-likeness (QED) is 0.667. The van der Waals surface area contributed by atoms with Crippen molar-refractivity contribution >= 4 is 17.5 Å². The molecule has 0 bridgehead atoms. The molecule has 0 amide bonds. The molecule has 0 aliphatic rings. The summed E-state index contributed by atoms with van der Waals surface area (Å²) in [5, 5.41) is 0.985. The molecule has 0 radical (unpaired) electrons. The highest BCUT2D eigenvalue weighted by molar-refractivity contribution is 7.99. The van der Waals surface area contributed by atoms with Gasteiger partial charge in [0.2, 0.25) is 0 Å². The summed E-state index contributed by atoms with van der Waals surface area (Å²) in [5.41, 5.74) is 0. The molecule has 0 unspecified atom stereocenters. The maximum atomic E-state index is 10.6. The largest absolute Gasteiger partial charge is 0.300 e. The topological polar surface area (TPSA) is 30.0 Å². The number of carbonyl (C=O) groups excluding carboxylic acids is 1. The Kier molecular flexibility index (Phi) is 3.80. The van der Waals surface area contributed by atoms with Crippen LogP contribution in [0.5, 0.6) is 0 Å². The van der Waals surface area contributed by atoms with E-state index in [1.807, 2.05) is 18.2 Å². The lowest BCUT2D eigenvalue weighted by Gasteiger charge is -1.96. The lowest BCUT2D eigenvalue weighted by molar-refractivity contribution is -0.116. The highest BCUT2D eigenvalue weighted by atomic mass is 32.2. The molecule has 0 atom stereocenters. The molecule has 2 nitrogen and oxygen atoms in total. The Bertz CT molecular complexity index is 248. The summed E-state index contributed by atoms with van der Waals surface area (Å²) in [5.74, 6) is 1.06. The van der Waals surface area contributed by atoms with Gasteiger partial charge >= 0.3 is 0 Å². The van der Waals surface area contributed by atoms with Crippen molar-refractivity contribution in [3.63, 3.8) is 0 Å². The molecule has 0 saturated heterocycles. The fourth-order valence-electron chi connectivity index (χ4n) is 0.732. The summed E-state index contributed by atoms with van der Waals surface area (Å²) in [6.45, 7) is 1.61. The number of hydrogen-bond acceptors (Lipinski definition) is 3. The molecule has 3 heteroatoms. The van der Waals surface area contributed by atoms with Crippen LogP contribution in [0.3, 0.4) is 0 Å². The molecule has 1 aromatic heterocycles. The van der Waals surface area contributed by atoms with Crippen molar-refractivity contribution < 1.29 is 4.79 Å². The van der Waals surface area contributed by atoms with Crippen LogP contribution in [0.1, 0.15) is 13.3 Å². The van der Waals surface area contributed by atoms with Crippen LogP contribution in [-0.4, -0.2) is 16.5 Å². The van der Waals surface area contributed by atoms with Gasteiger partial charge in [-0.25, -0.2) is 4.98 Å². The van der Waals surface area contributed by atoms with Crippen LogP contribution in [-0.2, 0) is 4.79 Å². The van der Waals surface area contributed by atoms with Crippen LogP contribution in [0, 0.1) is 0 Å². The zero-order valence-corrected chi connectivity index (χ0v) is 7.80. The SMILES string of the molecule is CC(=O)CCSc1ccccn1. The number of Topliss-reactive ketones (excluding diaryl/α,β-unsaturated/α-hetero) is 1. The van der Waals surface area contributed by atoms with Crippen molar-refractivity contribution in [2.24, 2.45) is 0 Å². The highest BCUT2D eigenvalue weighted by Gasteiger charge is 1.95. The van der Waals surface area contributed by atoms with E-state index in [1.165, 1.54) is 0 Å². The van der Waals surface area contributed by atoms with Gasteiger partial charge in [-0.3, -0.25) is 4.79 Å². The van der Waals surface area contributed by atoms with Crippen LogP contribution in [0.4, 0.5) is 0 Å². The third kappa shape index (κ3) is 3.53. The summed E-state index contributed by atoms with van der Waals surface area (Å²) in [6, 6.07) is 5.78. The van der Waals surface area contributed by atoms with Crippen molar-refractivity contribution in [3.05, 3.63) is 24.4 Å². The Morgan fingerprint density at radius 1 is 1.58 bits per heavy atom. The zero-order chi connectivity index (χ0) is 8.81. The molecule has 64 valence electrons. The van der Waals surface area contributed by atoms with E-state index in [1.54, 1.807) is 24.9 Å². The summed E-state index contributed by atoms with van der Waals surface area (Å²) in [4.78, 5) is 14.7. The van der Waals surface area contributed by atoms with Gasteiger partial charge in [-0.05, 0) is 19.1 Å². The Labute approximate surface area is 76.4 Å². The van der Waals surface area contributed by atoms with Crippen LogP contribution in [0.2, 0.25) is 0 Å². The second-order valence-corrected chi connectivity index (χ2v) is 3.58. The standard InChI is InChI=1S/C9H11NOS/c1-8(11)5-7-12-9-4-2-3-6-10-9/h2-4,6H,5,7H2,1H3. The van der Waals surface area contributed by atoms with E-state index < -0.39 is 0 Å². The molecule has 0 saturated carbocycles. The average molecular weight is 181 g/mol. The number of thioether (sulfide) groups is 1. The molecule has 1 heterocycles. The Balaban J connectivity index is 2.29. The third-order valence-electron chi connectivity index (χ3n) is 1.34. The van der Waals surface area contributed by atoms with Crippen LogP contribution in [0.25, 0.3) is 0 Å². The molecule has 12 heavy (non-hydrogen) atoms. The first-order valence-electron chi connectivity index (χ1n) is 3.82. The fourth-order valence-corrected chi connectivity index (χ4v) is 1.64. The average Bonchev–Trinajstić information content (AvgIpc) is 2.05. The molecule has 0 aromatic carbocycles. The summed E-state index contributed by atoms with van der Waals surface area (Å²) >= 11 is 1.62. The van der Waals surface area contributed by atoms with Gasteiger partial charge in [-0.15, -0.1) is 11.8 Å². The van der Waals surface area contributed by atoms with Crippen molar-refractivity contribution in [2.45, 2.75) is 18.4 Å². The van der Waals surface area contributed by atoms with Gasteiger partial charge in [-0.2, -0.15) is 0 Å². The van der Waals surface area contributed by atoms with Gasteiger partial charge in [0.25, 0.3) is 0 Å². The van der Waals surface area contributed by atoms with Gasteiger partial charge in [0, 0.05) is 18.4 Å². The molecule has 0 fully saturated rings. The molecule has 0 aliphatic carbocycles. The first-order chi connectivity index (χ1) is 5.79. The molecular formula is C9H11NOS. The first-order valence-corrected chi connectivity index (χ1v) is 4.81. The van der Waals surface area contributed by atoms with E-state index >= 15 is 0 Å². The number of ketones is 1. The molecule has 0 N–H and O–H groups in total. The summed E-state index contributed by atoms with van der Waals surface area (Å²) in [7, 11) is 0. The Morgan fingerprint density at radius 2 is 2.42 bits per heavy atom. The number of aromatic nitrogens is 1. The number of carbonyl (C=O) groups is 1. The smallest absolute Gasteiger partial charge is 0.130 e. The summed E-state index contributed by atoms with van der Waals surface area (Å²) in [6.07, 6.45) is 2.39. The lowest BCUT2D eigenvalue weighted by Crippen LogP contribution is -1.91. The number of nitrogens with zero attached hydrogens (tertiary/aromatic N) is 1. The highest BCUT2D eigenvalue weighted by Crippen LogP contribution is 2.14. The van der Waals surface area contributed by atoms with E-state index in [2.05, 4.69) is 4.98 Å². The van der Waals surface area contributed by atoms with E-state index in [-0.39, 0.29) is 5.78 Å². The van der Waals surface area contributed by atoms with Gasteiger partial charge in [0.1, 0.15) is 5.78 Å². The van der Waals surface area contributed by atoms with Crippen LogP contribution < -0.4 is 0 Å². The minimum atomic E-state index is 0.235. The maximum Gasteiger partial charge on any atom is 0.130 e. The predicted octanol–water partition coefficient (Wildman–Crippen LogP) is 2.15. The first kappa shape index (κ1) is 9.26. The minimum absolute atomic E-state index is 0.235. The number of pyridine rings is 1. The van der Waals surface area contributed by atoms with E-state index in [9.17, 15) is 4.79 Å². The molecule has 0 spiro atoms. The van der Waals surface area contributed by atoms with E-state index in [0.717, 1.165) is 10.8 Å². The van der Waals surface area contributed by atoms with Gasteiger partial charge in [0.05, 0.1) is 5.03 Å². The predicted molar refractivity (Wildman–Crippen MR) is 50.3 cm³/mol. The van der Waals surface area contributed by atoms with Crippen molar-refractivity contribution in [3.8, 4) is 0 Å². The van der Waals surface area contributed by atoms with Crippen molar-refractivity contribution in [1.82, 2.24) is 4.98 Å². The minimum Gasteiger partial charge on any atom is -0.300 e. The Hall–Kier alpha value is -0.830. The lowest BCUT2D eigenvalue weighted by atomic mass is 10.4. The second kappa shape index (κ2) is 4.93. The molecular weight excluding hydrogens is 170 g/mol. The normalized spacial score (nSPS) is 9.75. The van der Waals surface area contributed by atoms with Crippen molar-refractivity contribution in [1.29, 1.82) is 0 Å². The van der Waals surface area contributed by atoms with Crippen LogP contribution in [0.15, 0.2) is 29.4 Å². The summed E-state index contributed by atoms with van der Waals surface area (Å²) < 4.78 is 0. The van der Waals surface area contributed by atoms with Gasteiger partial charge in [-0.1, -0.05) is 6.07 Å². The maximum absolute atomic E-state index is 10.6. The fraction of sp³-hybridized carbons (Fsp3) is 0.333.